The lowest BCUT2D eigenvalue weighted by molar-refractivity contribution is 0.186. The van der Waals surface area contributed by atoms with Crippen molar-refractivity contribution in [2.24, 2.45) is 0 Å². The summed E-state index contributed by atoms with van der Waals surface area (Å²) in [5, 5.41) is 10.2. The average molecular weight is 256 g/mol. The summed E-state index contributed by atoms with van der Waals surface area (Å²) in [6, 6.07) is 8.42. The minimum atomic E-state index is 0.0802. The summed E-state index contributed by atoms with van der Waals surface area (Å²) in [4.78, 5) is 0. The fraction of sp³-hybridized carbons (Fsp3) is 0.500. The molecule has 0 spiro atoms. The summed E-state index contributed by atoms with van der Waals surface area (Å²) in [7, 11) is 0. The SMILES string of the molecule is [O]CCCCCCc1cccc(Br)c1. The summed E-state index contributed by atoms with van der Waals surface area (Å²) in [5.74, 6) is 0. The number of hydrogen-bond acceptors (Lipinski definition) is 0. The highest BCUT2D eigenvalue weighted by Gasteiger charge is 1.94. The zero-order valence-electron chi connectivity index (χ0n) is 8.34. The Morgan fingerprint density at radius 1 is 1.07 bits per heavy atom. The maximum atomic E-state index is 10.2. The van der Waals surface area contributed by atoms with Gasteiger partial charge in [0.2, 0.25) is 0 Å². The number of aryl methyl sites for hydroxylation is 1. The zero-order valence-corrected chi connectivity index (χ0v) is 9.92. The van der Waals surface area contributed by atoms with Crippen LogP contribution in [0.3, 0.4) is 0 Å². The van der Waals surface area contributed by atoms with Crippen LogP contribution < -0.4 is 0 Å². The second-order valence-electron chi connectivity index (χ2n) is 3.50. The Morgan fingerprint density at radius 3 is 2.57 bits per heavy atom. The van der Waals surface area contributed by atoms with Gasteiger partial charge in [-0.3, -0.25) is 0 Å². The molecule has 0 heterocycles. The second kappa shape index (κ2) is 7.02. The van der Waals surface area contributed by atoms with E-state index in [1.54, 1.807) is 0 Å². The number of halogens is 1. The van der Waals surface area contributed by atoms with Gasteiger partial charge in [-0.05, 0) is 37.0 Å². The van der Waals surface area contributed by atoms with Gasteiger partial charge in [-0.25, -0.2) is 5.11 Å². The van der Waals surface area contributed by atoms with Gasteiger partial charge < -0.3 is 0 Å². The topological polar surface area (TPSA) is 19.9 Å². The summed E-state index contributed by atoms with van der Waals surface area (Å²) >= 11 is 3.45. The van der Waals surface area contributed by atoms with Crippen LogP contribution in [-0.4, -0.2) is 6.61 Å². The van der Waals surface area contributed by atoms with Gasteiger partial charge in [0, 0.05) is 4.47 Å². The van der Waals surface area contributed by atoms with E-state index in [0.29, 0.717) is 0 Å². The molecule has 0 aromatic heterocycles. The first-order chi connectivity index (χ1) is 6.83. The van der Waals surface area contributed by atoms with Crippen molar-refractivity contribution < 1.29 is 5.11 Å². The molecule has 0 amide bonds. The third-order valence-corrected chi connectivity index (χ3v) is 2.74. The van der Waals surface area contributed by atoms with Crippen LogP contribution in [0.1, 0.15) is 31.2 Å². The summed E-state index contributed by atoms with van der Waals surface area (Å²) < 4.78 is 1.15. The van der Waals surface area contributed by atoms with Crippen molar-refractivity contribution >= 4 is 15.9 Å². The van der Waals surface area contributed by atoms with E-state index >= 15 is 0 Å². The van der Waals surface area contributed by atoms with Gasteiger partial charge >= 0.3 is 0 Å². The first-order valence-electron chi connectivity index (χ1n) is 5.15. The molecule has 0 N–H and O–H groups in total. The van der Waals surface area contributed by atoms with Crippen molar-refractivity contribution in [1.82, 2.24) is 0 Å². The van der Waals surface area contributed by atoms with Crippen LogP contribution in [0.15, 0.2) is 28.7 Å². The quantitative estimate of drug-likeness (QED) is 0.686. The highest BCUT2D eigenvalue weighted by molar-refractivity contribution is 9.10. The van der Waals surface area contributed by atoms with Crippen LogP contribution in [0.4, 0.5) is 0 Å². The Labute approximate surface area is 94.3 Å². The van der Waals surface area contributed by atoms with Gasteiger partial charge in [0.1, 0.15) is 0 Å². The lowest BCUT2D eigenvalue weighted by Crippen LogP contribution is -1.87. The van der Waals surface area contributed by atoms with Crippen LogP contribution in [0.25, 0.3) is 0 Å². The molecule has 0 aliphatic heterocycles. The van der Waals surface area contributed by atoms with Crippen LogP contribution >= 0.6 is 15.9 Å². The molecule has 0 saturated carbocycles. The van der Waals surface area contributed by atoms with E-state index < -0.39 is 0 Å². The molecule has 2 heteroatoms. The van der Waals surface area contributed by atoms with Gasteiger partial charge in [0.15, 0.2) is 0 Å². The minimum Gasteiger partial charge on any atom is -0.237 e. The lowest BCUT2D eigenvalue weighted by atomic mass is 10.1. The standard InChI is InChI=1S/C12H16BrO/c13-12-8-5-7-11(10-12)6-3-1-2-4-9-14/h5,7-8,10H,1-4,6,9H2. The summed E-state index contributed by atoms with van der Waals surface area (Å²) in [6.07, 6.45) is 5.40. The first-order valence-corrected chi connectivity index (χ1v) is 5.95. The largest absolute Gasteiger partial charge is 0.237 e. The molecule has 0 unspecified atom stereocenters. The average Bonchev–Trinajstić information content (AvgIpc) is 2.18. The fourth-order valence-corrected chi connectivity index (χ4v) is 1.92. The lowest BCUT2D eigenvalue weighted by Gasteiger charge is -2.01. The third-order valence-electron chi connectivity index (χ3n) is 2.25. The predicted octanol–water partition coefficient (Wildman–Crippen LogP) is 3.98. The van der Waals surface area contributed by atoms with E-state index in [2.05, 4.69) is 34.1 Å². The van der Waals surface area contributed by atoms with Gasteiger partial charge in [-0.2, -0.15) is 0 Å². The maximum absolute atomic E-state index is 10.2. The molecular formula is C12H16BrO. The Bertz CT molecular complexity index is 260. The molecule has 1 radical (unpaired) electrons. The summed E-state index contributed by atoms with van der Waals surface area (Å²) in [6.45, 7) is 0.0802. The smallest absolute Gasteiger partial charge is 0.0822 e. The third kappa shape index (κ3) is 4.77. The number of hydrogen-bond donors (Lipinski definition) is 0. The van der Waals surface area contributed by atoms with Crippen LogP contribution in [0, 0.1) is 0 Å². The van der Waals surface area contributed by atoms with E-state index in [0.717, 1.165) is 23.7 Å². The molecule has 0 aliphatic rings. The zero-order chi connectivity index (χ0) is 10.2. The van der Waals surface area contributed by atoms with Gasteiger partial charge in [0.05, 0.1) is 6.61 Å². The highest BCUT2D eigenvalue weighted by Crippen LogP contribution is 2.14. The normalized spacial score (nSPS) is 10.4. The number of unbranched alkanes of at least 4 members (excludes halogenated alkanes) is 3. The van der Waals surface area contributed by atoms with Crippen LogP contribution in [0.2, 0.25) is 0 Å². The fourth-order valence-electron chi connectivity index (χ4n) is 1.48. The molecule has 14 heavy (non-hydrogen) atoms. The molecule has 1 rings (SSSR count). The summed E-state index contributed by atoms with van der Waals surface area (Å²) in [5.41, 5.74) is 1.38. The van der Waals surface area contributed by atoms with Crippen LogP contribution in [0.5, 0.6) is 0 Å². The van der Waals surface area contributed by atoms with Gasteiger partial charge in [-0.15, -0.1) is 0 Å². The van der Waals surface area contributed by atoms with Crippen molar-refractivity contribution in [2.45, 2.75) is 32.1 Å². The molecule has 1 aromatic rings. The highest BCUT2D eigenvalue weighted by atomic mass is 79.9. The maximum Gasteiger partial charge on any atom is 0.0822 e. The molecule has 77 valence electrons. The first kappa shape index (κ1) is 11.7. The van der Waals surface area contributed by atoms with Crippen molar-refractivity contribution in [3.63, 3.8) is 0 Å². The molecule has 1 aromatic carbocycles. The molecule has 0 bridgehead atoms. The molecule has 0 aliphatic carbocycles. The van der Waals surface area contributed by atoms with Crippen molar-refractivity contribution in [3.05, 3.63) is 34.3 Å². The van der Waals surface area contributed by atoms with E-state index in [9.17, 15) is 5.11 Å². The molecule has 0 atom stereocenters. The molecule has 0 fully saturated rings. The van der Waals surface area contributed by atoms with Gasteiger partial charge in [0.25, 0.3) is 0 Å². The van der Waals surface area contributed by atoms with Crippen molar-refractivity contribution in [1.29, 1.82) is 0 Å². The molecule has 1 nitrogen and oxygen atoms in total. The van der Waals surface area contributed by atoms with Crippen molar-refractivity contribution in [2.75, 3.05) is 6.61 Å². The monoisotopic (exact) mass is 255 g/mol. The Kier molecular flexibility index (Phi) is 5.88. The molecular weight excluding hydrogens is 240 g/mol. The molecule has 0 saturated heterocycles. The Hall–Kier alpha value is -0.340. The van der Waals surface area contributed by atoms with Gasteiger partial charge in [-0.1, -0.05) is 40.9 Å². The van der Waals surface area contributed by atoms with E-state index in [4.69, 9.17) is 0 Å². The van der Waals surface area contributed by atoms with E-state index in [1.165, 1.54) is 18.4 Å². The Morgan fingerprint density at radius 2 is 1.86 bits per heavy atom. The van der Waals surface area contributed by atoms with E-state index in [1.807, 2.05) is 6.07 Å². The number of benzene rings is 1. The number of rotatable bonds is 6. The Balaban J connectivity index is 2.18. The van der Waals surface area contributed by atoms with E-state index in [-0.39, 0.29) is 6.61 Å². The van der Waals surface area contributed by atoms with Crippen molar-refractivity contribution in [3.8, 4) is 0 Å². The predicted molar refractivity (Wildman–Crippen MR) is 61.9 cm³/mol. The van der Waals surface area contributed by atoms with Crippen LogP contribution in [-0.2, 0) is 11.5 Å². The second-order valence-corrected chi connectivity index (χ2v) is 4.41. The minimum absolute atomic E-state index is 0.0802.